The molecule has 108 valence electrons. The highest BCUT2D eigenvalue weighted by molar-refractivity contribution is 6.32. The SMILES string of the molecule is CCC(N)Cc1cccc(Cl)c1-n1cnc2ccccc21. The second kappa shape index (κ2) is 5.88. The van der Waals surface area contributed by atoms with E-state index in [9.17, 15) is 0 Å². The number of para-hydroxylation sites is 3. The molecule has 0 saturated carbocycles. The first kappa shape index (κ1) is 14.1. The number of nitrogens with zero attached hydrogens (tertiary/aromatic N) is 2. The van der Waals surface area contributed by atoms with Crippen molar-refractivity contribution in [2.45, 2.75) is 25.8 Å². The van der Waals surface area contributed by atoms with Gasteiger partial charge in [-0.1, -0.05) is 42.8 Å². The second-order valence-corrected chi connectivity index (χ2v) is 5.63. The van der Waals surface area contributed by atoms with Crippen LogP contribution in [0, 0.1) is 0 Å². The molecule has 0 radical (unpaired) electrons. The van der Waals surface area contributed by atoms with Crippen molar-refractivity contribution in [1.29, 1.82) is 0 Å². The maximum atomic E-state index is 6.46. The zero-order valence-electron chi connectivity index (χ0n) is 12.0. The van der Waals surface area contributed by atoms with Gasteiger partial charge in [0.15, 0.2) is 0 Å². The van der Waals surface area contributed by atoms with Crippen molar-refractivity contribution in [3.05, 3.63) is 59.4 Å². The van der Waals surface area contributed by atoms with E-state index in [0.29, 0.717) is 0 Å². The molecule has 0 aliphatic heterocycles. The van der Waals surface area contributed by atoms with Gasteiger partial charge in [0.05, 0.1) is 21.7 Å². The fourth-order valence-electron chi connectivity index (χ4n) is 2.56. The number of fused-ring (bicyclic) bond motifs is 1. The summed E-state index contributed by atoms with van der Waals surface area (Å²) in [6, 6.07) is 14.2. The van der Waals surface area contributed by atoms with Crippen LogP contribution >= 0.6 is 11.6 Å². The van der Waals surface area contributed by atoms with E-state index in [4.69, 9.17) is 17.3 Å². The molecule has 3 nitrogen and oxygen atoms in total. The Balaban J connectivity index is 2.17. The lowest BCUT2D eigenvalue weighted by molar-refractivity contribution is 0.644. The van der Waals surface area contributed by atoms with Gasteiger partial charge in [0.25, 0.3) is 0 Å². The number of rotatable bonds is 4. The standard InChI is InChI=1S/C17H18ClN3/c1-2-13(19)10-12-6-5-7-14(18)17(12)21-11-20-15-8-3-4-9-16(15)21/h3-9,11,13H,2,10,19H2,1H3. The second-order valence-electron chi connectivity index (χ2n) is 5.22. The Morgan fingerprint density at radius 2 is 2.00 bits per heavy atom. The van der Waals surface area contributed by atoms with Crippen LogP contribution in [0.4, 0.5) is 0 Å². The van der Waals surface area contributed by atoms with Crippen LogP contribution in [-0.4, -0.2) is 15.6 Å². The number of aromatic nitrogens is 2. The fourth-order valence-corrected chi connectivity index (χ4v) is 2.84. The molecule has 1 aromatic heterocycles. The smallest absolute Gasteiger partial charge is 0.100 e. The van der Waals surface area contributed by atoms with Crippen molar-refractivity contribution in [3.8, 4) is 5.69 Å². The summed E-state index contributed by atoms with van der Waals surface area (Å²) in [4.78, 5) is 4.45. The highest BCUT2D eigenvalue weighted by Crippen LogP contribution is 2.28. The molecule has 2 aromatic carbocycles. The van der Waals surface area contributed by atoms with Gasteiger partial charge in [-0.05, 0) is 36.6 Å². The predicted molar refractivity (Wildman–Crippen MR) is 88.1 cm³/mol. The van der Waals surface area contributed by atoms with Crippen molar-refractivity contribution in [3.63, 3.8) is 0 Å². The molecule has 1 unspecified atom stereocenters. The quantitative estimate of drug-likeness (QED) is 0.792. The monoisotopic (exact) mass is 299 g/mol. The molecule has 0 amide bonds. The van der Waals surface area contributed by atoms with Crippen LogP contribution in [-0.2, 0) is 6.42 Å². The van der Waals surface area contributed by atoms with Gasteiger partial charge in [-0.25, -0.2) is 4.98 Å². The molecule has 1 atom stereocenters. The Morgan fingerprint density at radius 1 is 1.19 bits per heavy atom. The van der Waals surface area contributed by atoms with Crippen LogP contribution in [0.25, 0.3) is 16.7 Å². The van der Waals surface area contributed by atoms with Crippen molar-refractivity contribution in [1.82, 2.24) is 9.55 Å². The molecule has 0 aliphatic carbocycles. The topological polar surface area (TPSA) is 43.8 Å². The third-order valence-corrected chi connectivity index (χ3v) is 4.08. The van der Waals surface area contributed by atoms with Crippen LogP contribution in [0.5, 0.6) is 0 Å². The summed E-state index contributed by atoms with van der Waals surface area (Å²) in [5.41, 5.74) is 10.3. The summed E-state index contributed by atoms with van der Waals surface area (Å²) in [6.07, 6.45) is 3.57. The Kier molecular flexibility index (Phi) is 3.95. The molecule has 3 rings (SSSR count). The lowest BCUT2D eigenvalue weighted by atomic mass is 10.0. The number of nitrogens with two attached hydrogens (primary N) is 1. The molecular formula is C17H18ClN3. The highest BCUT2D eigenvalue weighted by Gasteiger charge is 2.14. The normalized spacial score (nSPS) is 12.7. The Labute approximate surface area is 129 Å². The minimum Gasteiger partial charge on any atom is -0.327 e. The summed E-state index contributed by atoms with van der Waals surface area (Å²) in [5.74, 6) is 0. The molecule has 21 heavy (non-hydrogen) atoms. The third kappa shape index (κ3) is 2.67. The lowest BCUT2D eigenvalue weighted by Gasteiger charge is -2.16. The maximum Gasteiger partial charge on any atom is 0.100 e. The summed E-state index contributed by atoms with van der Waals surface area (Å²) in [5, 5.41) is 0.721. The van der Waals surface area contributed by atoms with Gasteiger partial charge in [0.1, 0.15) is 6.33 Å². The summed E-state index contributed by atoms with van der Waals surface area (Å²) in [7, 11) is 0. The first-order valence-electron chi connectivity index (χ1n) is 7.16. The minimum atomic E-state index is 0.136. The van der Waals surface area contributed by atoms with Crippen LogP contribution in [0.3, 0.4) is 0 Å². The number of imidazole rings is 1. The largest absolute Gasteiger partial charge is 0.327 e. The zero-order valence-corrected chi connectivity index (χ0v) is 12.7. The highest BCUT2D eigenvalue weighted by atomic mass is 35.5. The maximum absolute atomic E-state index is 6.46. The summed E-state index contributed by atoms with van der Waals surface area (Å²) >= 11 is 6.46. The number of hydrogen-bond acceptors (Lipinski definition) is 2. The van der Waals surface area contributed by atoms with E-state index in [2.05, 4.69) is 28.6 Å². The lowest BCUT2D eigenvalue weighted by Crippen LogP contribution is -2.22. The van der Waals surface area contributed by atoms with Gasteiger partial charge in [0, 0.05) is 6.04 Å². The van der Waals surface area contributed by atoms with E-state index in [0.717, 1.165) is 40.1 Å². The molecule has 1 heterocycles. The van der Waals surface area contributed by atoms with Crippen molar-refractivity contribution >= 4 is 22.6 Å². The zero-order chi connectivity index (χ0) is 14.8. The molecule has 0 aliphatic rings. The van der Waals surface area contributed by atoms with E-state index in [-0.39, 0.29) is 6.04 Å². The van der Waals surface area contributed by atoms with E-state index in [1.54, 1.807) is 0 Å². The van der Waals surface area contributed by atoms with Crippen molar-refractivity contribution in [2.24, 2.45) is 5.73 Å². The first-order valence-corrected chi connectivity index (χ1v) is 7.54. The van der Waals surface area contributed by atoms with Gasteiger partial charge < -0.3 is 5.73 Å². The molecule has 0 spiro atoms. The van der Waals surface area contributed by atoms with Crippen molar-refractivity contribution < 1.29 is 0 Å². The Bertz CT molecular complexity index is 764. The molecule has 2 N–H and O–H groups in total. The van der Waals surface area contributed by atoms with Crippen LogP contribution < -0.4 is 5.73 Å². The van der Waals surface area contributed by atoms with Crippen molar-refractivity contribution in [2.75, 3.05) is 0 Å². The van der Waals surface area contributed by atoms with Crippen LogP contribution in [0.15, 0.2) is 48.8 Å². The van der Waals surface area contributed by atoms with E-state index in [1.165, 1.54) is 0 Å². The molecular weight excluding hydrogens is 282 g/mol. The minimum absolute atomic E-state index is 0.136. The average molecular weight is 300 g/mol. The van der Waals surface area contributed by atoms with Gasteiger partial charge in [0.2, 0.25) is 0 Å². The van der Waals surface area contributed by atoms with Crippen LogP contribution in [0.2, 0.25) is 5.02 Å². The molecule has 0 saturated heterocycles. The summed E-state index contributed by atoms with van der Waals surface area (Å²) < 4.78 is 2.05. The van der Waals surface area contributed by atoms with Crippen LogP contribution in [0.1, 0.15) is 18.9 Å². The van der Waals surface area contributed by atoms with E-state index >= 15 is 0 Å². The van der Waals surface area contributed by atoms with Gasteiger partial charge in [-0.3, -0.25) is 4.57 Å². The summed E-state index contributed by atoms with van der Waals surface area (Å²) in [6.45, 7) is 2.10. The average Bonchev–Trinajstić information content (AvgIpc) is 2.91. The Morgan fingerprint density at radius 3 is 2.81 bits per heavy atom. The fraction of sp³-hybridized carbons (Fsp3) is 0.235. The van der Waals surface area contributed by atoms with E-state index in [1.807, 2.05) is 36.7 Å². The molecule has 3 aromatic rings. The number of benzene rings is 2. The molecule has 0 bridgehead atoms. The third-order valence-electron chi connectivity index (χ3n) is 3.77. The first-order chi connectivity index (χ1) is 10.2. The van der Waals surface area contributed by atoms with Gasteiger partial charge >= 0.3 is 0 Å². The Hall–Kier alpha value is -1.84. The predicted octanol–water partition coefficient (Wildman–Crippen LogP) is 3.96. The molecule has 4 heteroatoms. The molecule has 0 fully saturated rings. The van der Waals surface area contributed by atoms with Gasteiger partial charge in [-0.15, -0.1) is 0 Å². The van der Waals surface area contributed by atoms with E-state index < -0.39 is 0 Å². The number of hydrogen-bond donors (Lipinski definition) is 1. The van der Waals surface area contributed by atoms with Gasteiger partial charge in [-0.2, -0.15) is 0 Å². The number of halogens is 1.